The van der Waals surface area contributed by atoms with Crippen LogP contribution in [0, 0.1) is 5.92 Å². The maximum absolute atomic E-state index is 10.5. The molecule has 1 rings (SSSR count). The van der Waals surface area contributed by atoms with E-state index in [2.05, 4.69) is 0 Å². The van der Waals surface area contributed by atoms with E-state index >= 15 is 0 Å². The van der Waals surface area contributed by atoms with E-state index in [4.69, 9.17) is 9.47 Å². The average molecular weight is 190 g/mol. The van der Waals surface area contributed by atoms with Crippen LogP contribution in [0.3, 0.4) is 0 Å². The van der Waals surface area contributed by atoms with E-state index in [0.717, 1.165) is 0 Å². The predicted octanol–water partition coefficient (Wildman–Crippen LogP) is -1.09. The van der Waals surface area contributed by atoms with Crippen LogP contribution in [0.25, 0.3) is 0 Å². The van der Waals surface area contributed by atoms with E-state index in [1.54, 1.807) is 6.92 Å². The Kier molecular flexibility index (Phi) is 3.38. The van der Waals surface area contributed by atoms with Gasteiger partial charge in [-0.15, -0.1) is 0 Å². The van der Waals surface area contributed by atoms with E-state index in [1.165, 1.54) is 7.11 Å². The Balaban J connectivity index is 2.71. The minimum absolute atomic E-state index is 0.418. The highest BCUT2D eigenvalue weighted by Gasteiger charge is 2.42. The lowest BCUT2D eigenvalue weighted by Gasteiger charge is -2.38. The van der Waals surface area contributed by atoms with E-state index in [0.29, 0.717) is 6.29 Å². The average Bonchev–Trinajstić information content (AvgIpc) is 2.15. The van der Waals surface area contributed by atoms with Crippen LogP contribution < -0.4 is 0 Å². The van der Waals surface area contributed by atoms with Crippen molar-refractivity contribution in [3.05, 3.63) is 0 Å². The molecular formula is C8H14O5. The fraction of sp³-hybridized carbons (Fsp3) is 0.875. The van der Waals surface area contributed by atoms with Gasteiger partial charge in [0, 0.05) is 13.0 Å². The third kappa shape index (κ3) is 1.88. The minimum atomic E-state index is -1.10. The molecule has 0 radical (unpaired) electrons. The van der Waals surface area contributed by atoms with Gasteiger partial charge >= 0.3 is 0 Å². The normalized spacial score (nSPS) is 46.0. The third-order valence-electron chi connectivity index (χ3n) is 2.34. The second-order valence-corrected chi connectivity index (χ2v) is 3.18. The summed E-state index contributed by atoms with van der Waals surface area (Å²) in [5.41, 5.74) is 0. The van der Waals surface area contributed by atoms with Gasteiger partial charge in [0.1, 0.15) is 18.5 Å². The number of aldehydes is 1. The molecule has 76 valence electrons. The summed E-state index contributed by atoms with van der Waals surface area (Å²) < 4.78 is 9.84. The quantitative estimate of drug-likeness (QED) is 0.541. The molecule has 0 aromatic rings. The van der Waals surface area contributed by atoms with E-state index < -0.39 is 30.5 Å². The third-order valence-corrected chi connectivity index (χ3v) is 2.34. The molecule has 5 nitrogen and oxygen atoms in total. The monoisotopic (exact) mass is 190 g/mol. The van der Waals surface area contributed by atoms with E-state index in [-0.39, 0.29) is 0 Å². The lowest BCUT2D eigenvalue weighted by molar-refractivity contribution is -0.267. The molecule has 1 aliphatic rings. The molecule has 0 aromatic carbocycles. The van der Waals surface area contributed by atoms with Gasteiger partial charge in [-0.1, -0.05) is 6.92 Å². The first kappa shape index (κ1) is 10.6. The van der Waals surface area contributed by atoms with Crippen molar-refractivity contribution in [2.75, 3.05) is 7.11 Å². The molecule has 1 fully saturated rings. The first-order valence-electron chi connectivity index (χ1n) is 4.11. The SMILES string of the molecule is COC1OC(C=O)C(C)C(O)C1O. The zero-order valence-corrected chi connectivity index (χ0v) is 7.58. The highest BCUT2D eigenvalue weighted by atomic mass is 16.7. The van der Waals surface area contributed by atoms with Gasteiger partial charge in [0.25, 0.3) is 0 Å². The second kappa shape index (κ2) is 4.15. The minimum Gasteiger partial charge on any atom is -0.390 e. The summed E-state index contributed by atoms with van der Waals surface area (Å²) in [7, 11) is 1.35. The van der Waals surface area contributed by atoms with Crippen LogP contribution in [0.2, 0.25) is 0 Å². The summed E-state index contributed by atoms with van der Waals surface area (Å²) >= 11 is 0. The predicted molar refractivity (Wildman–Crippen MR) is 42.9 cm³/mol. The Morgan fingerprint density at radius 3 is 2.46 bits per heavy atom. The van der Waals surface area contributed by atoms with Crippen LogP contribution >= 0.6 is 0 Å². The Bertz CT molecular complexity index is 181. The molecule has 1 saturated heterocycles. The van der Waals surface area contributed by atoms with Gasteiger partial charge in [-0.2, -0.15) is 0 Å². The number of carbonyl (C=O) groups is 1. The van der Waals surface area contributed by atoms with Crippen molar-refractivity contribution in [3.63, 3.8) is 0 Å². The molecule has 0 aromatic heterocycles. The summed E-state index contributed by atoms with van der Waals surface area (Å²) in [4.78, 5) is 10.5. The number of hydrogen-bond donors (Lipinski definition) is 2. The van der Waals surface area contributed by atoms with Crippen LogP contribution in [0.5, 0.6) is 0 Å². The molecule has 0 bridgehead atoms. The van der Waals surface area contributed by atoms with Crippen molar-refractivity contribution in [1.29, 1.82) is 0 Å². The molecule has 13 heavy (non-hydrogen) atoms. The van der Waals surface area contributed by atoms with Crippen LogP contribution in [-0.4, -0.2) is 48.2 Å². The summed E-state index contributed by atoms with van der Waals surface area (Å²) in [6, 6.07) is 0. The number of aliphatic hydroxyl groups is 2. The highest BCUT2D eigenvalue weighted by Crippen LogP contribution is 2.24. The molecule has 0 amide bonds. The lowest BCUT2D eigenvalue weighted by atomic mass is 9.91. The number of methoxy groups -OCH3 is 1. The van der Waals surface area contributed by atoms with Gasteiger partial charge in [0.2, 0.25) is 0 Å². The summed E-state index contributed by atoms with van der Waals surface area (Å²) in [6.45, 7) is 1.64. The Morgan fingerprint density at radius 1 is 1.38 bits per heavy atom. The van der Waals surface area contributed by atoms with Crippen molar-refractivity contribution in [2.24, 2.45) is 5.92 Å². The van der Waals surface area contributed by atoms with Gasteiger partial charge in [-0.05, 0) is 0 Å². The first-order valence-corrected chi connectivity index (χ1v) is 4.11. The van der Waals surface area contributed by atoms with Crippen LogP contribution in [-0.2, 0) is 14.3 Å². The maximum Gasteiger partial charge on any atom is 0.186 e. The maximum atomic E-state index is 10.5. The van der Waals surface area contributed by atoms with Gasteiger partial charge < -0.3 is 24.5 Å². The molecular weight excluding hydrogens is 176 g/mol. The van der Waals surface area contributed by atoms with E-state index in [1.807, 2.05) is 0 Å². The largest absolute Gasteiger partial charge is 0.390 e. The summed E-state index contributed by atoms with van der Waals surface area (Å²) in [5.74, 6) is -0.418. The number of carbonyl (C=O) groups excluding carboxylic acids is 1. The topological polar surface area (TPSA) is 76.0 Å². The second-order valence-electron chi connectivity index (χ2n) is 3.18. The smallest absolute Gasteiger partial charge is 0.186 e. The standard InChI is InChI=1S/C8H14O5/c1-4-5(3-9)13-8(12-2)7(11)6(4)10/h3-8,10-11H,1-2H3. The Labute approximate surface area is 76.3 Å². The fourth-order valence-corrected chi connectivity index (χ4v) is 1.38. The number of rotatable bonds is 2. The van der Waals surface area contributed by atoms with Crippen molar-refractivity contribution in [3.8, 4) is 0 Å². The van der Waals surface area contributed by atoms with Crippen molar-refractivity contribution >= 4 is 6.29 Å². The molecule has 1 heterocycles. The zero-order valence-electron chi connectivity index (χ0n) is 7.58. The van der Waals surface area contributed by atoms with Gasteiger partial charge in [0.15, 0.2) is 6.29 Å². The Morgan fingerprint density at radius 2 is 2.00 bits per heavy atom. The summed E-state index contributed by atoms with van der Waals surface area (Å²) in [5, 5.41) is 18.9. The lowest BCUT2D eigenvalue weighted by Crippen LogP contribution is -2.54. The molecule has 5 heteroatoms. The van der Waals surface area contributed by atoms with Gasteiger partial charge in [-0.25, -0.2) is 0 Å². The molecule has 0 aliphatic carbocycles. The van der Waals surface area contributed by atoms with Gasteiger partial charge in [0.05, 0.1) is 6.10 Å². The molecule has 5 atom stereocenters. The summed E-state index contributed by atoms with van der Waals surface area (Å²) in [6.07, 6.45) is -3.14. The molecule has 2 N–H and O–H groups in total. The Hall–Kier alpha value is -0.490. The number of aliphatic hydroxyl groups excluding tert-OH is 2. The number of hydrogen-bond acceptors (Lipinski definition) is 5. The van der Waals surface area contributed by atoms with Crippen LogP contribution in [0.4, 0.5) is 0 Å². The fourth-order valence-electron chi connectivity index (χ4n) is 1.38. The van der Waals surface area contributed by atoms with Crippen molar-refractivity contribution < 1.29 is 24.5 Å². The van der Waals surface area contributed by atoms with Gasteiger partial charge in [-0.3, -0.25) is 0 Å². The van der Waals surface area contributed by atoms with Crippen molar-refractivity contribution in [1.82, 2.24) is 0 Å². The molecule has 0 spiro atoms. The van der Waals surface area contributed by atoms with Crippen LogP contribution in [0.1, 0.15) is 6.92 Å². The highest BCUT2D eigenvalue weighted by molar-refractivity contribution is 5.57. The number of ether oxygens (including phenoxy) is 2. The van der Waals surface area contributed by atoms with Crippen LogP contribution in [0.15, 0.2) is 0 Å². The van der Waals surface area contributed by atoms with Crippen molar-refractivity contribution in [2.45, 2.75) is 31.5 Å². The molecule has 0 saturated carbocycles. The molecule has 5 unspecified atom stereocenters. The first-order chi connectivity index (χ1) is 6.11. The molecule has 1 aliphatic heterocycles. The van der Waals surface area contributed by atoms with E-state index in [9.17, 15) is 15.0 Å². The zero-order chi connectivity index (χ0) is 10.0.